The van der Waals surface area contributed by atoms with Crippen molar-refractivity contribution in [3.8, 4) is 0 Å². The van der Waals surface area contributed by atoms with Crippen LogP contribution in [-0.2, 0) is 14.3 Å². The third kappa shape index (κ3) is 1.96. The van der Waals surface area contributed by atoms with Crippen molar-refractivity contribution in [3.63, 3.8) is 0 Å². The molecule has 4 N–H and O–H groups in total. The number of carbonyl (C=O) groups excluding carboxylic acids is 3. The SMILES string of the molecule is O=CC1([C@@H]2O[C@H](CO)[C@@H](O)[C@H]2O)C=NC(=O)NC1=O. The van der Waals surface area contributed by atoms with Crippen molar-refractivity contribution in [1.29, 1.82) is 0 Å². The number of nitrogens with zero attached hydrogens (tertiary/aromatic N) is 1. The molecular weight excluding hydrogens is 260 g/mol. The lowest BCUT2D eigenvalue weighted by Crippen LogP contribution is -2.58. The normalized spacial score (nSPS) is 42.3. The van der Waals surface area contributed by atoms with Crippen LogP contribution in [-0.4, -0.2) is 70.8 Å². The first-order valence-corrected chi connectivity index (χ1v) is 5.45. The van der Waals surface area contributed by atoms with E-state index in [1.807, 2.05) is 5.32 Å². The molecule has 2 aliphatic rings. The number of rotatable bonds is 3. The zero-order chi connectivity index (χ0) is 14.2. The second-order valence-electron chi connectivity index (χ2n) is 4.33. The Labute approximate surface area is 106 Å². The quantitative estimate of drug-likeness (QED) is 0.316. The molecule has 0 spiro atoms. The van der Waals surface area contributed by atoms with Gasteiger partial charge < -0.3 is 24.9 Å². The molecule has 19 heavy (non-hydrogen) atoms. The monoisotopic (exact) mass is 272 g/mol. The Hall–Kier alpha value is -1.68. The molecule has 9 nitrogen and oxygen atoms in total. The van der Waals surface area contributed by atoms with Gasteiger partial charge in [-0.1, -0.05) is 0 Å². The first-order chi connectivity index (χ1) is 8.96. The zero-order valence-corrected chi connectivity index (χ0v) is 9.59. The summed E-state index contributed by atoms with van der Waals surface area (Å²) < 4.78 is 5.13. The van der Waals surface area contributed by atoms with E-state index >= 15 is 0 Å². The number of aldehydes is 1. The molecule has 9 heteroatoms. The van der Waals surface area contributed by atoms with Gasteiger partial charge in [0.2, 0.25) is 5.91 Å². The molecule has 2 aliphatic heterocycles. The van der Waals surface area contributed by atoms with Crippen LogP contribution in [0.1, 0.15) is 0 Å². The van der Waals surface area contributed by atoms with Crippen molar-refractivity contribution in [2.24, 2.45) is 10.4 Å². The molecule has 0 aliphatic carbocycles. The number of hydrogen-bond acceptors (Lipinski definition) is 7. The van der Waals surface area contributed by atoms with Crippen molar-refractivity contribution in [3.05, 3.63) is 0 Å². The second kappa shape index (κ2) is 4.78. The molecule has 2 heterocycles. The van der Waals surface area contributed by atoms with Gasteiger partial charge in [0.25, 0.3) is 0 Å². The van der Waals surface area contributed by atoms with Crippen LogP contribution in [0.25, 0.3) is 0 Å². The van der Waals surface area contributed by atoms with Gasteiger partial charge >= 0.3 is 6.03 Å². The largest absolute Gasteiger partial charge is 0.394 e. The Bertz CT molecular complexity index is 451. The van der Waals surface area contributed by atoms with Crippen LogP contribution in [0.5, 0.6) is 0 Å². The molecule has 5 atom stereocenters. The van der Waals surface area contributed by atoms with Gasteiger partial charge in [-0.15, -0.1) is 0 Å². The van der Waals surface area contributed by atoms with Crippen molar-refractivity contribution in [2.75, 3.05) is 6.61 Å². The molecule has 1 fully saturated rings. The molecule has 0 aromatic carbocycles. The van der Waals surface area contributed by atoms with Gasteiger partial charge in [0.15, 0.2) is 5.41 Å². The summed E-state index contributed by atoms with van der Waals surface area (Å²) in [6.07, 6.45) is -4.64. The zero-order valence-electron chi connectivity index (χ0n) is 9.59. The van der Waals surface area contributed by atoms with Crippen molar-refractivity contribution in [1.82, 2.24) is 5.32 Å². The van der Waals surface area contributed by atoms with E-state index < -0.39 is 48.4 Å². The lowest BCUT2D eigenvalue weighted by atomic mass is 9.80. The maximum atomic E-state index is 11.8. The Balaban J connectivity index is 2.38. The lowest BCUT2D eigenvalue weighted by Gasteiger charge is -2.31. The third-order valence-electron chi connectivity index (χ3n) is 3.22. The number of aliphatic hydroxyl groups excluding tert-OH is 3. The van der Waals surface area contributed by atoms with E-state index in [0.29, 0.717) is 0 Å². The average Bonchev–Trinajstić information content (AvgIpc) is 2.68. The molecular formula is C10H12N2O7. The van der Waals surface area contributed by atoms with E-state index in [1.165, 1.54) is 0 Å². The van der Waals surface area contributed by atoms with Crippen LogP contribution in [0.2, 0.25) is 0 Å². The van der Waals surface area contributed by atoms with Gasteiger partial charge in [0.1, 0.15) is 30.7 Å². The Kier molecular flexibility index (Phi) is 3.45. The summed E-state index contributed by atoms with van der Waals surface area (Å²) in [5.74, 6) is -1.00. The standard InChI is InChI=1S/C10H12N2O7/c13-1-4-5(15)6(16)7(19-4)10(3-14)2-11-9(18)12-8(10)17/h2-7,13,15-16H,1H2,(H,12,17,18)/t4-,5-,6-,7-,10?/m1/s1. The topological polar surface area (TPSA) is 146 Å². The highest BCUT2D eigenvalue weighted by Gasteiger charge is 2.57. The fourth-order valence-electron chi connectivity index (χ4n) is 2.11. The van der Waals surface area contributed by atoms with E-state index in [4.69, 9.17) is 9.84 Å². The van der Waals surface area contributed by atoms with Crippen molar-refractivity contribution in [2.45, 2.75) is 24.4 Å². The fourth-order valence-corrected chi connectivity index (χ4v) is 2.11. The molecule has 104 valence electrons. The summed E-state index contributed by atoms with van der Waals surface area (Å²) in [5.41, 5.74) is -2.02. The van der Waals surface area contributed by atoms with Gasteiger partial charge in [0, 0.05) is 6.21 Å². The van der Waals surface area contributed by atoms with E-state index in [1.54, 1.807) is 0 Å². The maximum absolute atomic E-state index is 11.8. The molecule has 0 aromatic heterocycles. The molecule has 0 saturated carbocycles. The van der Waals surface area contributed by atoms with E-state index in [-0.39, 0.29) is 6.29 Å². The summed E-state index contributed by atoms with van der Waals surface area (Å²) in [4.78, 5) is 37.3. The van der Waals surface area contributed by atoms with Gasteiger partial charge in [-0.2, -0.15) is 0 Å². The Morgan fingerprint density at radius 3 is 2.58 bits per heavy atom. The van der Waals surface area contributed by atoms with Gasteiger partial charge in [-0.25, -0.2) is 9.79 Å². The van der Waals surface area contributed by atoms with E-state index in [9.17, 15) is 24.6 Å². The van der Waals surface area contributed by atoms with Gasteiger partial charge in [0.05, 0.1) is 6.61 Å². The molecule has 1 saturated heterocycles. The van der Waals surface area contributed by atoms with Crippen LogP contribution in [0, 0.1) is 5.41 Å². The average molecular weight is 272 g/mol. The molecule has 2 rings (SSSR count). The van der Waals surface area contributed by atoms with Crippen molar-refractivity contribution < 1.29 is 34.4 Å². The lowest BCUT2D eigenvalue weighted by molar-refractivity contribution is -0.143. The summed E-state index contributed by atoms with van der Waals surface area (Å²) in [6, 6.07) is -0.936. The Morgan fingerprint density at radius 1 is 1.42 bits per heavy atom. The predicted molar refractivity (Wildman–Crippen MR) is 58.3 cm³/mol. The number of urea groups is 1. The number of imide groups is 1. The number of aliphatic imine (C=N–C) groups is 1. The summed E-state index contributed by atoms with van der Waals surface area (Å²) >= 11 is 0. The first kappa shape index (κ1) is 13.7. The highest BCUT2D eigenvalue weighted by atomic mass is 16.6. The van der Waals surface area contributed by atoms with E-state index in [2.05, 4.69) is 4.99 Å². The minimum Gasteiger partial charge on any atom is -0.394 e. The van der Waals surface area contributed by atoms with Gasteiger partial charge in [-0.3, -0.25) is 10.1 Å². The molecule has 0 aromatic rings. The number of nitrogens with one attached hydrogen (secondary N) is 1. The number of ether oxygens (including phenoxy) is 1. The van der Waals surface area contributed by atoms with Crippen LogP contribution in [0.4, 0.5) is 4.79 Å². The predicted octanol–water partition coefficient (Wildman–Crippen LogP) is -3.03. The first-order valence-electron chi connectivity index (χ1n) is 5.45. The highest BCUT2D eigenvalue weighted by Crippen LogP contribution is 2.34. The molecule has 0 radical (unpaired) electrons. The molecule has 0 bridgehead atoms. The Morgan fingerprint density at radius 2 is 2.11 bits per heavy atom. The van der Waals surface area contributed by atoms with Gasteiger partial charge in [-0.05, 0) is 0 Å². The number of carbonyl (C=O) groups is 3. The van der Waals surface area contributed by atoms with Crippen molar-refractivity contribution >= 4 is 24.4 Å². The van der Waals surface area contributed by atoms with Crippen LogP contribution >= 0.6 is 0 Å². The summed E-state index contributed by atoms with van der Waals surface area (Å²) in [5, 5.41) is 30.2. The summed E-state index contributed by atoms with van der Waals surface area (Å²) in [7, 11) is 0. The van der Waals surface area contributed by atoms with Crippen LogP contribution in [0.3, 0.4) is 0 Å². The number of aliphatic hydroxyl groups is 3. The number of amides is 3. The second-order valence-corrected chi connectivity index (χ2v) is 4.33. The molecule has 3 amide bonds. The maximum Gasteiger partial charge on any atom is 0.347 e. The third-order valence-corrected chi connectivity index (χ3v) is 3.22. The van der Waals surface area contributed by atoms with E-state index in [0.717, 1.165) is 6.21 Å². The minimum absolute atomic E-state index is 0.179. The highest BCUT2D eigenvalue weighted by molar-refractivity contribution is 6.21. The van der Waals surface area contributed by atoms with Crippen LogP contribution < -0.4 is 5.32 Å². The van der Waals surface area contributed by atoms with Crippen LogP contribution in [0.15, 0.2) is 4.99 Å². The minimum atomic E-state index is -2.02. The smallest absolute Gasteiger partial charge is 0.347 e. The molecule has 1 unspecified atom stereocenters. The fraction of sp³-hybridized carbons (Fsp3) is 0.600. The number of hydrogen-bond donors (Lipinski definition) is 4. The summed E-state index contributed by atoms with van der Waals surface area (Å²) in [6.45, 7) is -0.596.